The van der Waals surface area contributed by atoms with Gasteiger partial charge in [0.25, 0.3) is 0 Å². The van der Waals surface area contributed by atoms with Gasteiger partial charge in [0.05, 0.1) is 12.1 Å². The average molecular weight is 353 g/mol. The number of nitrogens with one attached hydrogen (secondary N) is 1. The predicted molar refractivity (Wildman–Crippen MR) is 75.5 cm³/mol. The van der Waals surface area contributed by atoms with Crippen LogP contribution in [-0.2, 0) is 11.0 Å². The quantitative estimate of drug-likeness (QED) is 0.894. The number of rotatable bonds is 4. The molecule has 1 rings (SSSR count). The second-order valence-electron chi connectivity index (χ2n) is 4.64. The van der Waals surface area contributed by atoms with Gasteiger partial charge in [0.15, 0.2) is 0 Å². The van der Waals surface area contributed by atoms with Crippen molar-refractivity contribution in [3.05, 3.63) is 28.2 Å². The zero-order valence-electron chi connectivity index (χ0n) is 11.4. The van der Waals surface area contributed by atoms with E-state index < -0.39 is 11.7 Å². The summed E-state index contributed by atoms with van der Waals surface area (Å²) < 4.78 is 38.2. The summed E-state index contributed by atoms with van der Waals surface area (Å²) in [4.78, 5) is 13.3. The first-order chi connectivity index (χ1) is 9.12. The number of halogens is 4. The summed E-state index contributed by atoms with van der Waals surface area (Å²) in [6, 6.07) is 3.82. The van der Waals surface area contributed by atoms with Crippen LogP contribution in [0, 0.1) is 0 Å². The first kappa shape index (κ1) is 16.8. The molecule has 0 unspecified atom stereocenters. The van der Waals surface area contributed by atoms with E-state index in [1.54, 1.807) is 7.05 Å². The zero-order chi connectivity index (χ0) is 15.5. The lowest BCUT2D eigenvalue weighted by Crippen LogP contribution is -2.37. The number of alkyl halides is 3. The van der Waals surface area contributed by atoms with Gasteiger partial charge >= 0.3 is 6.18 Å². The maximum atomic E-state index is 12.7. The SMILES string of the molecule is CC(C)N(C)C(=O)CNc1ccc(Br)c(C(F)(F)F)c1. The molecular formula is C13H16BrF3N2O. The van der Waals surface area contributed by atoms with Crippen molar-refractivity contribution in [3.8, 4) is 0 Å². The van der Waals surface area contributed by atoms with Gasteiger partial charge in [-0.15, -0.1) is 0 Å². The fourth-order valence-corrected chi connectivity index (χ4v) is 1.91. The third-order valence-corrected chi connectivity index (χ3v) is 3.57. The van der Waals surface area contributed by atoms with Crippen molar-refractivity contribution in [2.24, 2.45) is 0 Å². The standard InChI is InChI=1S/C13H16BrF3N2O/c1-8(2)19(3)12(20)7-18-9-4-5-11(14)10(6-9)13(15,16)17/h4-6,8,18H,7H2,1-3H3. The number of amides is 1. The summed E-state index contributed by atoms with van der Waals surface area (Å²) >= 11 is 2.87. The van der Waals surface area contributed by atoms with Crippen LogP contribution in [0.3, 0.4) is 0 Å². The molecule has 0 atom stereocenters. The van der Waals surface area contributed by atoms with Gasteiger partial charge in [-0.25, -0.2) is 0 Å². The normalized spacial score (nSPS) is 11.6. The lowest BCUT2D eigenvalue weighted by atomic mass is 10.2. The van der Waals surface area contributed by atoms with Crippen molar-refractivity contribution in [3.63, 3.8) is 0 Å². The van der Waals surface area contributed by atoms with Crippen LogP contribution in [0.4, 0.5) is 18.9 Å². The molecule has 0 spiro atoms. The van der Waals surface area contributed by atoms with E-state index in [1.165, 1.54) is 17.0 Å². The van der Waals surface area contributed by atoms with Crippen LogP contribution in [0.2, 0.25) is 0 Å². The van der Waals surface area contributed by atoms with Gasteiger partial charge in [0.1, 0.15) is 0 Å². The monoisotopic (exact) mass is 352 g/mol. The van der Waals surface area contributed by atoms with Gasteiger partial charge in [-0.1, -0.05) is 15.9 Å². The molecule has 0 fully saturated rings. The van der Waals surface area contributed by atoms with Gasteiger partial charge in [-0.05, 0) is 32.0 Å². The second kappa shape index (κ2) is 6.47. The number of carbonyl (C=O) groups is 1. The highest BCUT2D eigenvalue weighted by atomic mass is 79.9. The van der Waals surface area contributed by atoms with Crippen LogP contribution < -0.4 is 5.32 Å². The fourth-order valence-electron chi connectivity index (χ4n) is 1.44. The number of hydrogen-bond acceptors (Lipinski definition) is 2. The molecule has 0 aliphatic heterocycles. The van der Waals surface area contributed by atoms with Crippen LogP contribution in [0.5, 0.6) is 0 Å². The third-order valence-electron chi connectivity index (χ3n) is 2.88. The van der Waals surface area contributed by atoms with Crippen LogP contribution in [-0.4, -0.2) is 30.4 Å². The van der Waals surface area contributed by atoms with E-state index in [9.17, 15) is 18.0 Å². The molecule has 1 N–H and O–H groups in total. The van der Waals surface area contributed by atoms with Gasteiger partial charge < -0.3 is 10.2 Å². The molecule has 1 amide bonds. The highest BCUT2D eigenvalue weighted by Gasteiger charge is 2.33. The highest BCUT2D eigenvalue weighted by Crippen LogP contribution is 2.36. The zero-order valence-corrected chi connectivity index (χ0v) is 13.0. The van der Waals surface area contributed by atoms with Crippen LogP contribution in [0.25, 0.3) is 0 Å². The van der Waals surface area contributed by atoms with Gasteiger partial charge in [0.2, 0.25) is 5.91 Å². The summed E-state index contributed by atoms with van der Waals surface area (Å²) in [6.45, 7) is 3.67. The largest absolute Gasteiger partial charge is 0.417 e. The summed E-state index contributed by atoms with van der Waals surface area (Å²) in [7, 11) is 1.65. The highest BCUT2D eigenvalue weighted by molar-refractivity contribution is 9.10. The Labute approximate surface area is 124 Å². The van der Waals surface area contributed by atoms with Crippen molar-refractivity contribution in [1.82, 2.24) is 4.90 Å². The van der Waals surface area contributed by atoms with E-state index in [0.29, 0.717) is 0 Å². The lowest BCUT2D eigenvalue weighted by molar-refractivity contribution is -0.138. The van der Waals surface area contributed by atoms with Gasteiger partial charge in [-0.2, -0.15) is 13.2 Å². The van der Waals surface area contributed by atoms with E-state index in [4.69, 9.17) is 0 Å². The smallest absolute Gasteiger partial charge is 0.376 e. The number of carbonyl (C=O) groups excluding carboxylic acids is 1. The number of anilines is 1. The molecule has 0 aromatic heterocycles. The fraction of sp³-hybridized carbons (Fsp3) is 0.462. The summed E-state index contributed by atoms with van der Waals surface area (Å²) in [5, 5.41) is 2.71. The molecule has 0 heterocycles. The Morgan fingerprint density at radius 3 is 2.50 bits per heavy atom. The minimum absolute atomic E-state index is 0.0267. The predicted octanol–water partition coefficient (Wildman–Crippen LogP) is 3.75. The minimum Gasteiger partial charge on any atom is -0.376 e. The maximum absolute atomic E-state index is 12.7. The first-order valence-electron chi connectivity index (χ1n) is 5.99. The maximum Gasteiger partial charge on any atom is 0.417 e. The Morgan fingerprint density at radius 1 is 1.40 bits per heavy atom. The minimum atomic E-state index is -4.44. The molecule has 3 nitrogen and oxygen atoms in total. The van der Waals surface area contributed by atoms with Crippen molar-refractivity contribution in [1.29, 1.82) is 0 Å². The topological polar surface area (TPSA) is 32.3 Å². The van der Waals surface area contributed by atoms with Crippen LogP contribution in [0.1, 0.15) is 19.4 Å². The molecular weight excluding hydrogens is 337 g/mol. The second-order valence-corrected chi connectivity index (χ2v) is 5.50. The molecule has 0 saturated carbocycles. The Kier molecular flexibility index (Phi) is 5.44. The van der Waals surface area contributed by atoms with E-state index in [1.807, 2.05) is 13.8 Å². The summed E-state index contributed by atoms with van der Waals surface area (Å²) in [5.41, 5.74) is -0.516. The molecule has 1 aromatic rings. The molecule has 112 valence electrons. The molecule has 0 bridgehead atoms. The van der Waals surface area contributed by atoms with E-state index >= 15 is 0 Å². The van der Waals surface area contributed by atoms with E-state index in [0.717, 1.165) is 6.07 Å². The van der Waals surface area contributed by atoms with E-state index in [2.05, 4.69) is 21.2 Å². The number of nitrogens with zero attached hydrogens (tertiary/aromatic N) is 1. The molecule has 1 aromatic carbocycles. The third kappa shape index (κ3) is 4.40. The number of likely N-dealkylation sites (N-methyl/N-ethyl adjacent to an activating group) is 1. The number of benzene rings is 1. The van der Waals surface area contributed by atoms with Crippen molar-refractivity contribution in [2.75, 3.05) is 18.9 Å². The molecule has 0 radical (unpaired) electrons. The Balaban J connectivity index is 2.78. The average Bonchev–Trinajstić information content (AvgIpc) is 2.34. The molecule has 0 aliphatic rings. The van der Waals surface area contributed by atoms with Crippen molar-refractivity contribution >= 4 is 27.5 Å². The van der Waals surface area contributed by atoms with E-state index in [-0.39, 0.29) is 28.7 Å². The van der Waals surface area contributed by atoms with Crippen LogP contribution in [0.15, 0.2) is 22.7 Å². The summed E-state index contributed by atoms with van der Waals surface area (Å²) in [6.07, 6.45) is -4.44. The van der Waals surface area contributed by atoms with Crippen LogP contribution >= 0.6 is 15.9 Å². The Hall–Kier alpha value is -1.24. The molecule has 7 heteroatoms. The molecule has 0 aliphatic carbocycles. The summed E-state index contributed by atoms with van der Waals surface area (Å²) in [5.74, 6) is -0.184. The Bertz CT molecular complexity index is 489. The molecule has 0 saturated heterocycles. The van der Waals surface area contributed by atoms with Crippen molar-refractivity contribution < 1.29 is 18.0 Å². The molecule has 20 heavy (non-hydrogen) atoms. The lowest BCUT2D eigenvalue weighted by Gasteiger charge is -2.22. The first-order valence-corrected chi connectivity index (χ1v) is 6.78. The number of hydrogen-bond donors (Lipinski definition) is 1. The van der Waals surface area contributed by atoms with Crippen molar-refractivity contribution in [2.45, 2.75) is 26.1 Å². The van der Waals surface area contributed by atoms with Gasteiger partial charge in [0, 0.05) is 23.2 Å². The van der Waals surface area contributed by atoms with Gasteiger partial charge in [-0.3, -0.25) is 4.79 Å². The Morgan fingerprint density at radius 2 is 2.00 bits per heavy atom.